The fourth-order valence-corrected chi connectivity index (χ4v) is 2.00. The summed E-state index contributed by atoms with van der Waals surface area (Å²) in [6.07, 6.45) is 2.17. The summed E-state index contributed by atoms with van der Waals surface area (Å²) in [4.78, 5) is 23.0. The molecule has 0 aliphatic rings. The van der Waals surface area contributed by atoms with E-state index in [4.69, 9.17) is 9.47 Å². The fourth-order valence-electron chi connectivity index (χ4n) is 1.70. The van der Waals surface area contributed by atoms with Crippen LogP contribution in [0.2, 0.25) is 0 Å². The van der Waals surface area contributed by atoms with Gasteiger partial charge in [-0.05, 0) is 21.5 Å². The van der Waals surface area contributed by atoms with E-state index in [1.54, 1.807) is 26.5 Å². The Morgan fingerprint density at radius 1 is 1.35 bits per heavy atom. The number of hydrogen-bond acceptors (Lipinski definition) is 5. The zero-order valence-corrected chi connectivity index (χ0v) is 12.7. The van der Waals surface area contributed by atoms with Gasteiger partial charge in [0, 0.05) is 25.8 Å². The first-order valence-corrected chi connectivity index (χ1v) is 6.68. The lowest BCUT2D eigenvalue weighted by Gasteiger charge is -2.06. The van der Waals surface area contributed by atoms with Crippen LogP contribution in [0.25, 0.3) is 0 Å². The molecule has 2 aromatic heterocycles. The van der Waals surface area contributed by atoms with Crippen molar-refractivity contribution >= 4 is 15.9 Å². The molecule has 2 heterocycles. The minimum Gasteiger partial charge on any atom is -0.481 e. The van der Waals surface area contributed by atoms with Gasteiger partial charge in [-0.3, -0.25) is 4.79 Å². The van der Waals surface area contributed by atoms with Crippen molar-refractivity contribution in [1.82, 2.24) is 15.0 Å². The van der Waals surface area contributed by atoms with Crippen molar-refractivity contribution in [2.24, 2.45) is 0 Å². The molecule has 2 aromatic rings. The average molecular weight is 340 g/mol. The number of methoxy groups -OCH3 is 2. The molecule has 7 heteroatoms. The maximum absolute atomic E-state index is 11.8. The van der Waals surface area contributed by atoms with E-state index in [9.17, 15) is 4.79 Å². The lowest BCUT2D eigenvalue weighted by atomic mass is 10.2. The predicted octanol–water partition coefficient (Wildman–Crippen LogP) is 1.67. The van der Waals surface area contributed by atoms with Gasteiger partial charge in [0.1, 0.15) is 10.3 Å². The number of aromatic nitrogens is 3. The molecular weight excluding hydrogens is 326 g/mol. The first-order chi connectivity index (χ1) is 9.63. The first kappa shape index (κ1) is 14.7. The second-order valence-corrected chi connectivity index (χ2v) is 4.88. The lowest BCUT2D eigenvalue weighted by Crippen LogP contribution is -2.16. The molecule has 0 atom stereocenters. The highest BCUT2D eigenvalue weighted by atomic mass is 79.9. The summed E-state index contributed by atoms with van der Waals surface area (Å²) >= 11 is 3.20. The van der Waals surface area contributed by atoms with Crippen molar-refractivity contribution in [3.63, 3.8) is 0 Å². The number of ether oxygens (including phenoxy) is 2. The molecule has 0 bridgehead atoms. The summed E-state index contributed by atoms with van der Waals surface area (Å²) < 4.78 is 10.4. The van der Waals surface area contributed by atoms with Gasteiger partial charge in [-0.25, -0.2) is 9.97 Å². The van der Waals surface area contributed by atoms with Crippen LogP contribution >= 0.6 is 15.9 Å². The zero-order chi connectivity index (χ0) is 14.5. The van der Waals surface area contributed by atoms with Gasteiger partial charge in [0.15, 0.2) is 0 Å². The molecule has 0 aliphatic carbocycles. The Kier molecular flexibility index (Phi) is 4.86. The topological polar surface area (TPSA) is 77.1 Å². The number of aromatic amines is 1. The molecule has 0 saturated carbocycles. The van der Waals surface area contributed by atoms with Crippen molar-refractivity contribution in [2.45, 2.75) is 13.0 Å². The Hall–Kier alpha value is -1.73. The van der Waals surface area contributed by atoms with Crippen LogP contribution in [0.15, 0.2) is 27.6 Å². The van der Waals surface area contributed by atoms with E-state index in [2.05, 4.69) is 30.9 Å². The van der Waals surface area contributed by atoms with Crippen LogP contribution in [-0.2, 0) is 17.8 Å². The highest BCUT2D eigenvalue weighted by Crippen LogP contribution is 2.13. The van der Waals surface area contributed by atoms with Gasteiger partial charge in [-0.2, -0.15) is 0 Å². The molecule has 1 N–H and O–H groups in total. The third kappa shape index (κ3) is 3.43. The van der Waals surface area contributed by atoms with Crippen molar-refractivity contribution in [2.75, 3.05) is 14.2 Å². The minimum atomic E-state index is -0.219. The Morgan fingerprint density at radius 3 is 2.75 bits per heavy atom. The molecule has 2 rings (SSSR count). The van der Waals surface area contributed by atoms with Crippen LogP contribution < -0.4 is 10.3 Å². The number of nitrogens with zero attached hydrogens (tertiary/aromatic N) is 2. The van der Waals surface area contributed by atoms with E-state index in [0.717, 1.165) is 5.56 Å². The van der Waals surface area contributed by atoms with Gasteiger partial charge in [0.2, 0.25) is 5.88 Å². The summed E-state index contributed by atoms with van der Waals surface area (Å²) in [5.41, 5.74) is 1.29. The Bertz CT molecular complexity index is 640. The van der Waals surface area contributed by atoms with Crippen molar-refractivity contribution in [3.05, 3.63) is 50.2 Å². The quantitative estimate of drug-likeness (QED) is 0.896. The largest absolute Gasteiger partial charge is 0.481 e. The highest BCUT2D eigenvalue weighted by Gasteiger charge is 2.09. The molecule has 0 aromatic carbocycles. The third-order valence-corrected chi connectivity index (χ3v) is 3.46. The molecule has 0 spiro atoms. The van der Waals surface area contributed by atoms with E-state index in [0.29, 0.717) is 28.3 Å². The molecule has 20 heavy (non-hydrogen) atoms. The molecule has 0 amide bonds. The van der Waals surface area contributed by atoms with Crippen molar-refractivity contribution in [3.8, 4) is 5.88 Å². The van der Waals surface area contributed by atoms with Gasteiger partial charge in [-0.15, -0.1) is 0 Å². The fraction of sp³-hybridized carbons (Fsp3) is 0.308. The molecule has 0 unspecified atom stereocenters. The lowest BCUT2D eigenvalue weighted by molar-refractivity contribution is 0.180. The smallest absolute Gasteiger partial charge is 0.265 e. The normalized spacial score (nSPS) is 10.6. The van der Waals surface area contributed by atoms with Crippen molar-refractivity contribution in [1.29, 1.82) is 0 Å². The zero-order valence-electron chi connectivity index (χ0n) is 11.1. The number of rotatable bonds is 5. The summed E-state index contributed by atoms with van der Waals surface area (Å²) in [6, 6.07) is 3.65. The van der Waals surface area contributed by atoms with Crippen LogP contribution in [0.4, 0.5) is 0 Å². The second kappa shape index (κ2) is 6.62. The van der Waals surface area contributed by atoms with Gasteiger partial charge in [0.05, 0.1) is 19.4 Å². The summed E-state index contributed by atoms with van der Waals surface area (Å²) in [6.45, 7) is 0.276. The van der Waals surface area contributed by atoms with Crippen LogP contribution in [-0.4, -0.2) is 29.2 Å². The van der Waals surface area contributed by atoms with Crippen molar-refractivity contribution < 1.29 is 9.47 Å². The molecule has 6 nitrogen and oxygen atoms in total. The third-order valence-electron chi connectivity index (χ3n) is 2.64. The molecule has 0 saturated heterocycles. The number of pyridine rings is 1. The molecule has 0 radical (unpaired) electrons. The van der Waals surface area contributed by atoms with E-state index < -0.39 is 0 Å². The average Bonchev–Trinajstić information content (AvgIpc) is 2.45. The summed E-state index contributed by atoms with van der Waals surface area (Å²) in [7, 11) is 3.12. The van der Waals surface area contributed by atoms with Gasteiger partial charge in [0.25, 0.3) is 5.56 Å². The van der Waals surface area contributed by atoms with E-state index in [1.807, 2.05) is 6.07 Å². The standard InChI is InChI=1S/C13H14BrN3O3/c1-19-7-9-12(14)13(18)17-10(16-9)5-8-3-4-11(20-2)15-6-8/h3-4,6H,5,7H2,1-2H3,(H,16,17,18). The maximum Gasteiger partial charge on any atom is 0.265 e. The number of hydrogen-bond donors (Lipinski definition) is 1. The maximum atomic E-state index is 11.8. The SMILES string of the molecule is COCc1nc(Cc2ccc(OC)nc2)[nH]c(=O)c1Br. The van der Waals surface area contributed by atoms with Crippen LogP contribution in [0.5, 0.6) is 5.88 Å². The van der Waals surface area contributed by atoms with Gasteiger partial charge >= 0.3 is 0 Å². The Labute approximate surface area is 124 Å². The molecule has 0 aliphatic heterocycles. The Balaban J connectivity index is 2.26. The molecule has 106 valence electrons. The van der Waals surface area contributed by atoms with E-state index >= 15 is 0 Å². The monoisotopic (exact) mass is 339 g/mol. The van der Waals surface area contributed by atoms with Gasteiger partial charge < -0.3 is 14.5 Å². The van der Waals surface area contributed by atoms with Crippen LogP contribution in [0.1, 0.15) is 17.1 Å². The highest BCUT2D eigenvalue weighted by molar-refractivity contribution is 9.10. The first-order valence-electron chi connectivity index (χ1n) is 5.89. The second-order valence-electron chi connectivity index (χ2n) is 4.09. The molecular formula is C13H14BrN3O3. The molecule has 0 fully saturated rings. The predicted molar refractivity (Wildman–Crippen MR) is 76.9 cm³/mol. The summed E-state index contributed by atoms with van der Waals surface area (Å²) in [5, 5.41) is 0. The van der Waals surface area contributed by atoms with E-state index in [1.165, 1.54) is 0 Å². The summed E-state index contributed by atoms with van der Waals surface area (Å²) in [5.74, 6) is 1.11. The number of halogens is 1. The number of nitrogens with one attached hydrogen (secondary N) is 1. The van der Waals surface area contributed by atoms with Gasteiger partial charge in [-0.1, -0.05) is 6.07 Å². The Morgan fingerprint density at radius 2 is 2.15 bits per heavy atom. The van der Waals surface area contributed by atoms with Crippen LogP contribution in [0, 0.1) is 0 Å². The van der Waals surface area contributed by atoms with Crippen LogP contribution in [0.3, 0.4) is 0 Å². The van der Waals surface area contributed by atoms with E-state index in [-0.39, 0.29) is 12.2 Å². The number of H-pyrrole nitrogens is 1. The minimum absolute atomic E-state index is 0.219.